The van der Waals surface area contributed by atoms with Crippen molar-refractivity contribution in [3.05, 3.63) is 34.7 Å². The smallest absolute Gasteiger partial charge is 0.0759 e. The van der Waals surface area contributed by atoms with Gasteiger partial charge >= 0.3 is 0 Å². The van der Waals surface area contributed by atoms with Crippen molar-refractivity contribution in [2.75, 3.05) is 20.6 Å². The Hall–Kier alpha value is -0.900. The van der Waals surface area contributed by atoms with Gasteiger partial charge < -0.3 is 10.0 Å². The second-order valence-corrected chi connectivity index (χ2v) is 8.50. The zero-order valence-corrected chi connectivity index (χ0v) is 14.4. The summed E-state index contributed by atoms with van der Waals surface area (Å²) in [4.78, 5) is 2.26. The van der Waals surface area contributed by atoms with E-state index in [-0.39, 0.29) is 5.41 Å². The van der Waals surface area contributed by atoms with E-state index in [0.717, 1.165) is 25.8 Å². The van der Waals surface area contributed by atoms with Gasteiger partial charge in [0.2, 0.25) is 0 Å². The van der Waals surface area contributed by atoms with E-state index in [0.29, 0.717) is 0 Å². The molecule has 3 heteroatoms. The second kappa shape index (κ2) is 5.05. The lowest BCUT2D eigenvalue weighted by atomic mass is 9.52. The molecule has 1 atom stereocenters. The van der Waals surface area contributed by atoms with Gasteiger partial charge in [-0.05, 0) is 73.5 Å². The van der Waals surface area contributed by atoms with Crippen LogP contribution in [0.25, 0.3) is 10.1 Å². The standard InChI is InChI=1S/C19H25NOS/c1-20(2)13-18(19(21)7-4-3-5-8-19)12-15-11-17-14(6-9-22-17)10-16(15)18/h6,9-11,21H,3-5,7-8,12-13H2,1-2H3. The van der Waals surface area contributed by atoms with E-state index < -0.39 is 5.60 Å². The largest absolute Gasteiger partial charge is 0.389 e. The predicted octanol–water partition coefficient (Wildman–Crippen LogP) is 3.95. The number of benzene rings is 1. The van der Waals surface area contributed by atoms with E-state index in [9.17, 15) is 5.11 Å². The summed E-state index contributed by atoms with van der Waals surface area (Å²) in [5.41, 5.74) is 2.28. The highest BCUT2D eigenvalue weighted by Gasteiger charge is 2.57. The first-order valence-electron chi connectivity index (χ1n) is 8.42. The predicted molar refractivity (Wildman–Crippen MR) is 93.8 cm³/mol. The van der Waals surface area contributed by atoms with Crippen LogP contribution >= 0.6 is 11.3 Å². The Balaban J connectivity index is 1.82. The third kappa shape index (κ3) is 1.99. The van der Waals surface area contributed by atoms with Crippen molar-refractivity contribution >= 4 is 21.4 Å². The third-order valence-electron chi connectivity index (χ3n) is 5.84. The number of nitrogens with zero attached hydrogens (tertiary/aromatic N) is 1. The summed E-state index contributed by atoms with van der Waals surface area (Å²) in [5.74, 6) is 0. The van der Waals surface area contributed by atoms with Crippen LogP contribution < -0.4 is 0 Å². The van der Waals surface area contributed by atoms with Gasteiger partial charge in [-0.1, -0.05) is 19.3 Å². The van der Waals surface area contributed by atoms with Gasteiger partial charge in [0.15, 0.2) is 0 Å². The Morgan fingerprint density at radius 2 is 1.95 bits per heavy atom. The molecule has 0 radical (unpaired) electrons. The van der Waals surface area contributed by atoms with Crippen LogP contribution in [0.1, 0.15) is 43.2 Å². The van der Waals surface area contributed by atoms with Gasteiger partial charge in [0, 0.05) is 16.7 Å². The fourth-order valence-corrected chi connectivity index (χ4v) is 5.65. The molecule has 2 aliphatic rings. The molecule has 2 aromatic rings. The number of likely N-dealkylation sites (N-methyl/N-ethyl adjacent to an activating group) is 1. The number of aliphatic hydroxyl groups is 1. The summed E-state index contributed by atoms with van der Waals surface area (Å²) < 4.78 is 1.38. The highest BCUT2D eigenvalue weighted by atomic mass is 32.1. The van der Waals surface area contributed by atoms with Crippen molar-refractivity contribution < 1.29 is 5.11 Å². The normalized spacial score (nSPS) is 26.9. The molecule has 0 saturated heterocycles. The average Bonchev–Trinajstić information content (AvgIpc) is 2.92. The van der Waals surface area contributed by atoms with Crippen molar-refractivity contribution in [3.8, 4) is 0 Å². The lowest BCUT2D eigenvalue weighted by Gasteiger charge is -2.57. The lowest BCUT2D eigenvalue weighted by Crippen LogP contribution is -2.63. The first kappa shape index (κ1) is 14.7. The Bertz CT molecular complexity index is 699. The molecule has 1 heterocycles. The number of rotatable bonds is 3. The van der Waals surface area contributed by atoms with E-state index in [2.05, 4.69) is 42.6 Å². The molecule has 1 saturated carbocycles. The SMILES string of the molecule is CN(C)CC1(C2(O)CCCCC2)Cc2cc3sccc3cc21. The van der Waals surface area contributed by atoms with Gasteiger partial charge in [0.1, 0.15) is 0 Å². The molecule has 1 unspecified atom stereocenters. The molecule has 0 aliphatic heterocycles. The number of hydrogen-bond acceptors (Lipinski definition) is 3. The van der Waals surface area contributed by atoms with E-state index in [1.54, 1.807) is 0 Å². The van der Waals surface area contributed by atoms with E-state index in [1.807, 2.05) is 11.3 Å². The van der Waals surface area contributed by atoms with Crippen molar-refractivity contribution in [3.63, 3.8) is 0 Å². The van der Waals surface area contributed by atoms with Gasteiger partial charge in [-0.3, -0.25) is 0 Å². The summed E-state index contributed by atoms with van der Waals surface area (Å²) in [6.07, 6.45) is 6.56. The number of fused-ring (bicyclic) bond motifs is 2. The van der Waals surface area contributed by atoms with Gasteiger partial charge in [-0.15, -0.1) is 11.3 Å². The van der Waals surface area contributed by atoms with Gasteiger partial charge in [0.25, 0.3) is 0 Å². The summed E-state index contributed by atoms with van der Waals surface area (Å²) >= 11 is 1.82. The summed E-state index contributed by atoms with van der Waals surface area (Å²) in [5, 5.41) is 15.0. The maximum atomic E-state index is 11.5. The van der Waals surface area contributed by atoms with Crippen LogP contribution in [0.2, 0.25) is 0 Å². The van der Waals surface area contributed by atoms with E-state index in [1.165, 1.54) is 40.5 Å². The molecule has 1 aromatic carbocycles. The summed E-state index contributed by atoms with van der Waals surface area (Å²) in [6.45, 7) is 0.951. The van der Waals surface area contributed by atoms with E-state index in [4.69, 9.17) is 0 Å². The topological polar surface area (TPSA) is 23.5 Å². The number of hydrogen-bond donors (Lipinski definition) is 1. The maximum Gasteiger partial charge on any atom is 0.0759 e. The Morgan fingerprint density at radius 3 is 2.68 bits per heavy atom. The lowest BCUT2D eigenvalue weighted by molar-refractivity contribution is -0.0868. The Labute approximate surface area is 136 Å². The molecule has 0 bridgehead atoms. The van der Waals surface area contributed by atoms with Crippen molar-refractivity contribution in [2.24, 2.45) is 0 Å². The summed E-state index contributed by atoms with van der Waals surface area (Å²) in [7, 11) is 4.27. The van der Waals surface area contributed by atoms with Crippen LogP contribution in [0.3, 0.4) is 0 Å². The fraction of sp³-hybridized carbons (Fsp3) is 0.579. The highest BCUT2D eigenvalue weighted by molar-refractivity contribution is 7.17. The van der Waals surface area contributed by atoms with Crippen LogP contribution in [0.5, 0.6) is 0 Å². The molecule has 2 nitrogen and oxygen atoms in total. The van der Waals surface area contributed by atoms with Crippen LogP contribution in [-0.4, -0.2) is 36.2 Å². The van der Waals surface area contributed by atoms with Crippen LogP contribution in [0, 0.1) is 0 Å². The zero-order chi connectivity index (χ0) is 15.4. The maximum absolute atomic E-state index is 11.5. The minimum atomic E-state index is -0.522. The van der Waals surface area contributed by atoms with E-state index >= 15 is 0 Å². The van der Waals surface area contributed by atoms with Crippen LogP contribution in [-0.2, 0) is 11.8 Å². The molecule has 1 N–H and O–H groups in total. The fourth-order valence-electron chi connectivity index (χ4n) is 4.82. The molecule has 1 fully saturated rings. The van der Waals surface area contributed by atoms with Crippen molar-refractivity contribution in [1.82, 2.24) is 4.90 Å². The highest BCUT2D eigenvalue weighted by Crippen LogP contribution is 2.54. The zero-order valence-electron chi connectivity index (χ0n) is 13.6. The third-order valence-corrected chi connectivity index (χ3v) is 6.72. The van der Waals surface area contributed by atoms with Crippen LogP contribution in [0.15, 0.2) is 23.6 Å². The quantitative estimate of drug-likeness (QED) is 0.927. The molecule has 118 valence electrons. The molecule has 0 spiro atoms. The molecule has 0 amide bonds. The minimum absolute atomic E-state index is 0.0671. The van der Waals surface area contributed by atoms with Gasteiger partial charge in [0.05, 0.1) is 5.60 Å². The average molecular weight is 315 g/mol. The molecule has 22 heavy (non-hydrogen) atoms. The van der Waals surface area contributed by atoms with Gasteiger partial charge in [-0.25, -0.2) is 0 Å². The first-order valence-corrected chi connectivity index (χ1v) is 9.30. The summed E-state index contributed by atoms with van der Waals surface area (Å²) in [6, 6.07) is 6.93. The minimum Gasteiger partial charge on any atom is -0.389 e. The monoisotopic (exact) mass is 315 g/mol. The Kier molecular flexibility index (Phi) is 3.37. The molecule has 1 aromatic heterocycles. The van der Waals surface area contributed by atoms with Crippen LogP contribution in [0.4, 0.5) is 0 Å². The Morgan fingerprint density at radius 1 is 1.18 bits per heavy atom. The van der Waals surface area contributed by atoms with Crippen molar-refractivity contribution in [2.45, 2.75) is 49.5 Å². The molecular formula is C19H25NOS. The van der Waals surface area contributed by atoms with Crippen molar-refractivity contribution in [1.29, 1.82) is 0 Å². The second-order valence-electron chi connectivity index (χ2n) is 7.56. The molecule has 4 rings (SSSR count). The number of thiophene rings is 1. The van der Waals surface area contributed by atoms with Gasteiger partial charge in [-0.2, -0.15) is 0 Å². The molecular weight excluding hydrogens is 290 g/mol. The molecule has 2 aliphatic carbocycles. The first-order chi connectivity index (χ1) is 10.5.